The maximum Gasteiger partial charge on any atom is 0.399 e. The van der Waals surface area contributed by atoms with Crippen LogP contribution in [0.3, 0.4) is 0 Å². The fraction of sp³-hybridized carbons (Fsp3) is 0.409. The molecule has 1 saturated heterocycles. The molecule has 2 atom stereocenters. The Kier molecular flexibility index (Phi) is 5.21. The Morgan fingerprint density at radius 1 is 1.07 bits per heavy atom. The summed E-state index contributed by atoms with van der Waals surface area (Å²) in [6, 6.07) is 9.87. The monoisotopic (exact) mass is 440 g/mol. The summed E-state index contributed by atoms with van der Waals surface area (Å²) < 4.78 is 55.0. The molecular formula is C22H21ClF4N2O. The summed E-state index contributed by atoms with van der Waals surface area (Å²) in [5, 5.41) is 0.612. The van der Waals surface area contributed by atoms with Crippen LogP contribution in [0.5, 0.6) is 0 Å². The summed E-state index contributed by atoms with van der Waals surface area (Å²) >= 11 is 6.09. The number of amides is 1. The van der Waals surface area contributed by atoms with Gasteiger partial charge in [-0.2, -0.15) is 13.2 Å². The molecule has 2 aliphatic rings. The van der Waals surface area contributed by atoms with Crippen LogP contribution in [0.2, 0.25) is 5.02 Å². The topological polar surface area (TPSA) is 23.6 Å². The molecule has 0 N–H and O–H groups in total. The molecule has 2 fully saturated rings. The van der Waals surface area contributed by atoms with Gasteiger partial charge in [-0.25, -0.2) is 4.39 Å². The fourth-order valence-corrected chi connectivity index (χ4v) is 4.58. The third-order valence-electron chi connectivity index (χ3n) is 6.23. The van der Waals surface area contributed by atoms with E-state index in [1.54, 1.807) is 6.07 Å². The molecule has 1 amide bonds. The van der Waals surface area contributed by atoms with Crippen LogP contribution in [0.4, 0.5) is 23.2 Å². The van der Waals surface area contributed by atoms with Crippen LogP contribution in [0.1, 0.15) is 17.5 Å². The van der Waals surface area contributed by atoms with Crippen molar-refractivity contribution in [3.05, 3.63) is 64.4 Å². The molecule has 3 nitrogen and oxygen atoms in total. The van der Waals surface area contributed by atoms with E-state index in [1.165, 1.54) is 4.90 Å². The lowest BCUT2D eigenvalue weighted by atomic mass is 9.92. The summed E-state index contributed by atoms with van der Waals surface area (Å²) in [7, 11) is 0. The maximum atomic E-state index is 13.9. The number of aryl methyl sites for hydroxylation is 1. The first-order chi connectivity index (χ1) is 14.1. The lowest BCUT2D eigenvalue weighted by Gasteiger charge is -2.37. The smallest absolute Gasteiger partial charge is 0.368 e. The lowest BCUT2D eigenvalue weighted by Crippen LogP contribution is -2.50. The second kappa shape index (κ2) is 7.45. The molecule has 0 radical (unpaired) electrons. The van der Waals surface area contributed by atoms with E-state index < -0.39 is 29.2 Å². The molecule has 1 unspecified atom stereocenters. The van der Waals surface area contributed by atoms with E-state index in [0.717, 1.165) is 35.5 Å². The van der Waals surface area contributed by atoms with Gasteiger partial charge in [0, 0.05) is 36.9 Å². The van der Waals surface area contributed by atoms with Crippen molar-refractivity contribution in [2.75, 3.05) is 31.1 Å². The van der Waals surface area contributed by atoms with Gasteiger partial charge in [-0.3, -0.25) is 4.79 Å². The number of hydrogen-bond donors (Lipinski definition) is 0. The van der Waals surface area contributed by atoms with Crippen LogP contribution in [0, 0.1) is 18.7 Å². The first-order valence-corrected chi connectivity index (χ1v) is 10.1. The van der Waals surface area contributed by atoms with Crippen molar-refractivity contribution in [3.8, 4) is 0 Å². The number of alkyl halides is 3. The van der Waals surface area contributed by atoms with E-state index in [0.29, 0.717) is 31.2 Å². The van der Waals surface area contributed by atoms with Gasteiger partial charge in [0.2, 0.25) is 5.91 Å². The van der Waals surface area contributed by atoms with Crippen LogP contribution in [-0.4, -0.2) is 43.2 Å². The summed E-state index contributed by atoms with van der Waals surface area (Å²) in [6.45, 7) is 3.70. The van der Waals surface area contributed by atoms with Gasteiger partial charge in [0.05, 0.1) is 5.92 Å². The molecule has 1 heterocycles. The standard InChI is InChI=1S/C22H21ClF4N2O/c1-14-2-5-16(23)12-19(14)28-8-10-29(11-9-28)20(30)18-13-21(18,22(25,26)27)15-3-6-17(24)7-4-15/h2-7,12,18H,8-11,13H2,1H3/t18-,21?/m1/s1. The Hall–Kier alpha value is -2.28. The van der Waals surface area contributed by atoms with E-state index >= 15 is 0 Å². The predicted octanol–water partition coefficient (Wildman–Crippen LogP) is 4.96. The first-order valence-electron chi connectivity index (χ1n) is 9.76. The molecule has 30 heavy (non-hydrogen) atoms. The van der Waals surface area contributed by atoms with E-state index in [4.69, 9.17) is 11.6 Å². The molecule has 160 valence electrons. The molecule has 0 aromatic heterocycles. The number of benzene rings is 2. The van der Waals surface area contributed by atoms with Gasteiger partial charge in [-0.15, -0.1) is 0 Å². The average molecular weight is 441 g/mol. The van der Waals surface area contributed by atoms with E-state index in [2.05, 4.69) is 4.90 Å². The highest BCUT2D eigenvalue weighted by Crippen LogP contribution is 2.64. The Morgan fingerprint density at radius 2 is 1.70 bits per heavy atom. The van der Waals surface area contributed by atoms with Crippen LogP contribution in [0.15, 0.2) is 42.5 Å². The van der Waals surface area contributed by atoms with Crippen LogP contribution < -0.4 is 4.90 Å². The zero-order valence-electron chi connectivity index (χ0n) is 16.3. The van der Waals surface area contributed by atoms with Gasteiger partial charge < -0.3 is 9.80 Å². The fourth-order valence-electron chi connectivity index (χ4n) is 4.42. The number of carbonyl (C=O) groups is 1. The normalized spacial score (nSPS) is 24.1. The molecule has 1 aliphatic carbocycles. The van der Waals surface area contributed by atoms with Gasteiger partial charge in [0.25, 0.3) is 0 Å². The highest BCUT2D eigenvalue weighted by molar-refractivity contribution is 6.30. The minimum Gasteiger partial charge on any atom is -0.368 e. The van der Waals surface area contributed by atoms with Gasteiger partial charge in [-0.1, -0.05) is 29.8 Å². The number of anilines is 1. The number of carbonyl (C=O) groups excluding carboxylic acids is 1. The molecule has 8 heteroatoms. The van der Waals surface area contributed by atoms with Crippen molar-refractivity contribution in [1.82, 2.24) is 4.90 Å². The van der Waals surface area contributed by atoms with Crippen molar-refractivity contribution in [3.63, 3.8) is 0 Å². The zero-order valence-corrected chi connectivity index (χ0v) is 17.1. The summed E-state index contributed by atoms with van der Waals surface area (Å²) in [4.78, 5) is 16.5. The maximum absolute atomic E-state index is 13.9. The molecule has 1 saturated carbocycles. The van der Waals surface area contributed by atoms with Gasteiger partial charge >= 0.3 is 6.18 Å². The second-order valence-electron chi connectivity index (χ2n) is 7.98. The largest absolute Gasteiger partial charge is 0.399 e. The van der Waals surface area contributed by atoms with Crippen molar-refractivity contribution >= 4 is 23.2 Å². The number of hydrogen-bond acceptors (Lipinski definition) is 2. The number of rotatable bonds is 3. The molecule has 0 bridgehead atoms. The van der Waals surface area contributed by atoms with Crippen LogP contribution >= 0.6 is 11.6 Å². The van der Waals surface area contributed by atoms with E-state index in [9.17, 15) is 22.4 Å². The number of piperazine rings is 1. The van der Waals surface area contributed by atoms with Crippen molar-refractivity contribution in [2.24, 2.45) is 5.92 Å². The molecule has 1 aliphatic heterocycles. The summed E-state index contributed by atoms with van der Waals surface area (Å²) in [5.41, 5.74) is -0.257. The quantitative estimate of drug-likeness (QED) is 0.630. The third-order valence-corrected chi connectivity index (χ3v) is 6.46. The summed E-state index contributed by atoms with van der Waals surface area (Å²) in [6.07, 6.45) is -4.88. The van der Waals surface area contributed by atoms with E-state index in [1.807, 2.05) is 19.1 Å². The first kappa shape index (κ1) is 21.0. The highest BCUT2D eigenvalue weighted by Gasteiger charge is 2.74. The highest BCUT2D eigenvalue weighted by atomic mass is 35.5. The van der Waals surface area contributed by atoms with Crippen molar-refractivity contribution in [2.45, 2.75) is 24.9 Å². The van der Waals surface area contributed by atoms with Crippen LogP contribution in [0.25, 0.3) is 0 Å². The lowest BCUT2D eigenvalue weighted by molar-refractivity contribution is -0.169. The third kappa shape index (κ3) is 3.53. The average Bonchev–Trinajstić information content (AvgIpc) is 3.47. The van der Waals surface area contributed by atoms with Crippen molar-refractivity contribution < 1.29 is 22.4 Å². The minimum atomic E-state index is -4.58. The molecule has 2 aromatic carbocycles. The Balaban J connectivity index is 1.48. The van der Waals surface area contributed by atoms with Crippen LogP contribution in [-0.2, 0) is 10.2 Å². The Labute approximate surface area is 177 Å². The Bertz CT molecular complexity index is 955. The van der Waals surface area contributed by atoms with E-state index in [-0.39, 0.29) is 12.0 Å². The minimum absolute atomic E-state index is 0.0528. The Morgan fingerprint density at radius 3 is 2.30 bits per heavy atom. The van der Waals surface area contributed by atoms with Crippen molar-refractivity contribution in [1.29, 1.82) is 0 Å². The van der Waals surface area contributed by atoms with Gasteiger partial charge in [-0.05, 0) is 48.7 Å². The zero-order chi connectivity index (χ0) is 21.7. The van der Waals surface area contributed by atoms with Gasteiger partial charge in [0.15, 0.2) is 0 Å². The SMILES string of the molecule is Cc1ccc(Cl)cc1N1CCN(C(=O)[C@H]2CC2(c2ccc(F)cc2)C(F)(F)F)CC1. The van der Waals surface area contributed by atoms with Gasteiger partial charge in [0.1, 0.15) is 11.2 Å². The molecular weight excluding hydrogens is 420 g/mol. The second-order valence-corrected chi connectivity index (χ2v) is 8.41. The predicted molar refractivity (Wildman–Crippen MR) is 107 cm³/mol. The number of halogens is 5. The molecule has 0 spiro atoms. The summed E-state index contributed by atoms with van der Waals surface area (Å²) in [5.74, 6) is -2.26. The molecule has 4 rings (SSSR count). The number of nitrogens with zero attached hydrogens (tertiary/aromatic N) is 2. The molecule has 2 aromatic rings.